The number of carbonyl (C=O) groups is 2. The Bertz CT molecular complexity index is 452. The SMILES string of the molecule is COc1cccc(Br)c1C1C(=O)CCCC1=O. The molecule has 1 aromatic rings. The van der Waals surface area contributed by atoms with Crippen LogP contribution in [0.25, 0.3) is 0 Å². The summed E-state index contributed by atoms with van der Waals surface area (Å²) in [5.41, 5.74) is 0.671. The van der Waals surface area contributed by atoms with Crippen LogP contribution in [0.4, 0.5) is 0 Å². The molecule has 1 saturated carbocycles. The van der Waals surface area contributed by atoms with E-state index in [1.54, 1.807) is 13.2 Å². The molecule has 0 radical (unpaired) electrons. The first-order chi connectivity index (χ1) is 8.15. The number of halogens is 1. The predicted molar refractivity (Wildman–Crippen MR) is 67.3 cm³/mol. The molecule has 17 heavy (non-hydrogen) atoms. The maximum Gasteiger partial charge on any atom is 0.147 e. The number of Topliss-reactive ketones (excluding diaryl/α,β-unsaturated/α-hetero) is 2. The Kier molecular flexibility index (Phi) is 3.62. The largest absolute Gasteiger partial charge is 0.496 e. The number of ketones is 2. The van der Waals surface area contributed by atoms with Gasteiger partial charge in [0, 0.05) is 22.9 Å². The number of methoxy groups -OCH3 is 1. The molecule has 2 rings (SSSR count). The number of ether oxygens (including phenoxy) is 1. The Labute approximate surface area is 108 Å². The molecule has 1 aliphatic carbocycles. The second-order valence-electron chi connectivity index (χ2n) is 4.07. The van der Waals surface area contributed by atoms with Crippen molar-refractivity contribution in [1.29, 1.82) is 0 Å². The van der Waals surface area contributed by atoms with Crippen molar-refractivity contribution in [2.45, 2.75) is 25.2 Å². The molecule has 0 saturated heterocycles. The monoisotopic (exact) mass is 296 g/mol. The van der Waals surface area contributed by atoms with Crippen LogP contribution < -0.4 is 4.74 Å². The van der Waals surface area contributed by atoms with Crippen LogP contribution in [0.15, 0.2) is 22.7 Å². The number of benzene rings is 1. The third-order valence-electron chi connectivity index (χ3n) is 3.01. The van der Waals surface area contributed by atoms with Crippen LogP contribution in [-0.2, 0) is 9.59 Å². The van der Waals surface area contributed by atoms with Gasteiger partial charge in [0.2, 0.25) is 0 Å². The summed E-state index contributed by atoms with van der Waals surface area (Å²) in [6.07, 6.45) is 1.61. The van der Waals surface area contributed by atoms with Gasteiger partial charge in [0.1, 0.15) is 23.2 Å². The molecule has 0 amide bonds. The van der Waals surface area contributed by atoms with Gasteiger partial charge in [-0.15, -0.1) is 0 Å². The van der Waals surface area contributed by atoms with Gasteiger partial charge in [0.15, 0.2) is 0 Å². The van der Waals surface area contributed by atoms with Gasteiger partial charge in [0.25, 0.3) is 0 Å². The molecule has 0 atom stereocenters. The van der Waals surface area contributed by atoms with Crippen molar-refractivity contribution >= 4 is 27.5 Å². The summed E-state index contributed by atoms with van der Waals surface area (Å²) in [6, 6.07) is 5.42. The highest BCUT2D eigenvalue weighted by atomic mass is 79.9. The Morgan fingerprint density at radius 2 is 1.88 bits per heavy atom. The van der Waals surface area contributed by atoms with E-state index in [0.29, 0.717) is 30.6 Å². The number of hydrogen-bond acceptors (Lipinski definition) is 3. The van der Waals surface area contributed by atoms with E-state index in [9.17, 15) is 9.59 Å². The minimum Gasteiger partial charge on any atom is -0.496 e. The van der Waals surface area contributed by atoms with E-state index >= 15 is 0 Å². The van der Waals surface area contributed by atoms with Crippen molar-refractivity contribution in [1.82, 2.24) is 0 Å². The molecule has 0 bridgehead atoms. The Balaban J connectivity index is 2.51. The van der Waals surface area contributed by atoms with E-state index in [4.69, 9.17) is 4.74 Å². The van der Waals surface area contributed by atoms with Gasteiger partial charge in [-0.05, 0) is 18.6 Å². The molecule has 0 unspecified atom stereocenters. The lowest BCUT2D eigenvalue weighted by molar-refractivity contribution is -0.131. The van der Waals surface area contributed by atoms with Crippen molar-refractivity contribution in [2.75, 3.05) is 7.11 Å². The Morgan fingerprint density at radius 3 is 2.47 bits per heavy atom. The van der Waals surface area contributed by atoms with E-state index in [1.165, 1.54) is 0 Å². The van der Waals surface area contributed by atoms with Crippen LogP contribution in [0.1, 0.15) is 30.7 Å². The molecular weight excluding hydrogens is 284 g/mol. The molecule has 0 aromatic heterocycles. The van der Waals surface area contributed by atoms with E-state index in [0.717, 1.165) is 4.47 Å². The molecule has 90 valence electrons. The van der Waals surface area contributed by atoms with Gasteiger partial charge in [-0.2, -0.15) is 0 Å². The zero-order valence-electron chi connectivity index (χ0n) is 9.53. The topological polar surface area (TPSA) is 43.4 Å². The summed E-state index contributed by atoms with van der Waals surface area (Å²) in [4.78, 5) is 23.9. The lowest BCUT2D eigenvalue weighted by Gasteiger charge is -2.22. The van der Waals surface area contributed by atoms with Crippen molar-refractivity contribution in [2.24, 2.45) is 0 Å². The highest BCUT2D eigenvalue weighted by Crippen LogP contribution is 2.37. The van der Waals surface area contributed by atoms with E-state index in [-0.39, 0.29) is 11.6 Å². The van der Waals surface area contributed by atoms with Crippen molar-refractivity contribution in [3.63, 3.8) is 0 Å². The molecule has 1 aromatic carbocycles. The fourth-order valence-corrected chi connectivity index (χ4v) is 2.78. The molecule has 4 heteroatoms. The van der Waals surface area contributed by atoms with Crippen molar-refractivity contribution in [3.8, 4) is 5.75 Å². The third kappa shape index (κ3) is 2.27. The maximum absolute atomic E-state index is 11.9. The first-order valence-electron chi connectivity index (χ1n) is 5.53. The normalized spacial score (nSPS) is 17.3. The lowest BCUT2D eigenvalue weighted by atomic mass is 9.81. The van der Waals surface area contributed by atoms with Crippen molar-refractivity contribution in [3.05, 3.63) is 28.2 Å². The standard InChI is InChI=1S/C13H13BrO3/c1-17-11-7-2-4-8(14)12(11)13-9(15)5-3-6-10(13)16/h2,4,7,13H,3,5-6H2,1H3. The minimum absolute atomic E-state index is 0.00792. The Morgan fingerprint density at radius 1 is 1.24 bits per heavy atom. The van der Waals surface area contributed by atoms with Crippen molar-refractivity contribution < 1.29 is 14.3 Å². The summed E-state index contributed by atoms with van der Waals surface area (Å²) < 4.78 is 6.00. The quantitative estimate of drug-likeness (QED) is 0.788. The predicted octanol–water partition coefficient (Wildman–Crippen LogP) is 2.86. The number of carbonyl (C=O) groups excluding carboxylic acids is 2. The molecule has 0 N–H and O–H groups in total. The Hall–Kier alpha value is -1.16. The molecule has 1 aliphatic rings. The second kappa shape index (κ2) is 5.00. The molecule has 1 fully saturated rings. The van der Waals surface area contributed by atoms with Crippen LogP contribution in [0.5, 0.6) is 5.75 Å². The van der Waals surface area contributed by atoms with Gasteiger partial charge < -0.3 is 4.74 Å². The highest BCUT2D eigenvalue weighted by molar-refractivity contribution is 9.10. The minimum atomic E-state index is -0.658. The summed E-state index contributed by atoms with van der Waals surface area (Å²) in [5, 5.41) is 0. The maximum atomic E-state index is 11.9. The molecular formula is C13H13BrO3. The van der Waals surface area contributed by atoms with Crippen LogP contribution >= 0.6 is 15.9 Å². The van der Waals surface area contributed by atoms with Gasteiger partial charge in [-0.25, -0.2) is 0 Å². The van der Waals surface area contributed by atoms with E-state index in [1.807, 2.05) is 12.1 Å². The van der Waals surface area contributed by atoms with E-state index in [2.05, 4.69) is 15.9 Å². The molecule has 3 nitrogen and oxygen atoms in total. The molecule has 0 aliphatic heterocycles. The van der Waals surface area contributed by atoms with Gasteiger partial charge in [-0.3, -0.25) is 9.59 Å². The van der Waals surface area contributed by atoms with Crippen LogP contribution in [-0.4, -0.2) is 18.7 Å². The molecule has 0 heterocycles. The molecule has 0 spiro atoms. The third-order valence-corrected chi connectivity index (χ3v) is 3.70. The van der Waals surface area contributed by atoms with Gasteiger partial charge in [-0.1, -0.05) is 22.0 Å². The lowest BCUT2D eigenvalue weighted by Crippen LogP contribution is -2.27. The zero-order valence-corrected chi connectivity index (χ0v) is 11.1. The highest BCUT2D eigenvalue weighted by Gasteiger charge is 2.34. The van der Waals surface area contributed by atoms with Gasteiger partial charge >= 0.3 is 0 Å². The smallest absolute Gasteiger partial charge is 0.147 e. The number of rotatable bonds is 2. The first-order valence-corrected chi connectivity index (χ1v) is 6.32. The van der Waals surface area contributed by atoms with Gasteiger partial charge in [0.05, 0.1) is 7.11 Å². The summed E-state index contributed by atoms with van der Waals surface area (Å²) in [5.74, 6) is -0.0832. The fourth-order valence-electron chi connectivity index (χ4n) is 2.20. The average Bonchev–Trinajstić information content (AvgIpc) is 2.30. The summed E-state index contributed by atoms with van der Waals surface area (Å²) in [6.45, 7) is 0. The van der Waals surface area contributed by atoms with Crippen LogP contribution in [0.3, 0.4) is 0 Å². The van der Waals surface area contributed by atoms with Crippen LogP contribution in [0, 0.1) is 0 Å². The van der Waals surface area contributed by atoms with E-state index < -0.39 is 5.92 Å². The number of hydrogen-bond donors (Lipinski definition) is 0. The zero-order chi connectivity index (χ0) is 12.4. The average molecular weight is 297 g/mol. The second-order valence-corrected chi connectivity index (χ2v) is 4.93. The summed E-state index contributed by atoms with van der Waals surface area (Å²) >= 11 is 3.39. The van der Waals surface area contributed by atoms with Crippen LogP contribution in [0.2, 0.25) is 0 Å². The fraction of sp³-hybridized carbons (Fsp3) is 0.385. The summed E-state index contributed by atoms with van der Waals surface area (Å²) in [7, 11) is 1.54. The first kappa shape index (κ1) is 12.3.